The zero-order valence-electron chi connectivity index (χ0n) is 21.3. The van der Waals surface area contributed by atoms with E-state index >= 15 is 0 Å². The number of furan rings is 1. The van der Waals surface area contributed by atoms with Crippen LogP contribution in [0.15, 0.2) is 59.1 Å². The van der Waals surface area contributed by atoms with Crippen molar-refractivity contribution in [1.82, 2.24) is 4.98 Å². The zero-order chi connectivity index (χ0) is 28.8. The molecule has 0 unspecified atom stereocenters. The molecule has 2 aromatic heterocycles. The van der Waals surface area contributed by atoms with Gasteiger partial charge < -0.3 is 19.6 Å². The Kier molecular flexibility index (Phi) is 8.51. The van der Waals surface area contributed by atoms with Crippen LogP contribution >= 0.6 is 11.6 Å². The number of hydrogen-bond donors (Lipinski definition) is 2. The summed E-state index contributed by atoms with van der Waals surface area (Å²) >= 11 is 6.02. The van der Waals surface area contributed by atoms with Gasteiger partial charge in [0.05, 0.1) is 29.3 Å². The number of halogens is 2. The lowest BCUT2D eigenvalue weighted by Gasteiger charge is -2.22. The van der Waals surface area contributed by atoms with Crippen LogP contribution in [0.4, 0.5) is 31.2 Å². The lowest BCUT2D eigenvalue weighted by Crippen LogP contribution is -2.28. The number of primary amides is 1. The van der Waals surface area contributed by atoms with Gasteiger partial charge in [-0.1, -0.05) is 17.5 Å². The first-order valence-corrected chi connectivity index (χ1v) is 12.3. The third-order valence-electron chi connectivity index (χ3n) is 5.40. The highest BCUT2D eigenvalue weighted by Crippen LogP contribution is 2.43. The van der Waals surface area contributed by atoms with Crippen LogP contribution in [0.5, 0.6) is 0 Å². The van der Waals surface area contributed by atoms with Crippen molar-refractivity contribution in [3.63, 3.8) is 0 Å². The Morgan fingerprint density at radius 2 is 1.80 bits per heavy atom. The molecule has 2 aromatic carbocycles. The van der Waals surface area contributed by atoms with Crippen molar-refractivity contribution in [3.05, 3.63) is 82.4 Å². The third kappa shape index (κ3) is 5.98. The van der Waals surface area contributed by atoms with Crippen LogP contribution in [0.25, 0.3) is 11.0 Å². The number of rotatable bonds is 6. The molecule has 0 saturated heterocycles. The molecule has 10 nitrogen and oxygen atoms in total. The number of carbonyl (C=O) groups excluding carboxylic acids is 3. The van der Waals surface area contributed by atoms with Gasteiger partial charge in [-0.2, -0.15) is 0 Å². The molecule has 4 aromatic rings. The molecule has 40 heavy (non-hydrogen) atoms. The van der Waals surface area contributed by atoms with Gasteiger partial charge in [0, 0.05) is 17.3 Å². The zero-order valence-corrected chi connectivity index (χ0v) is 22.0. The number of fused-ring (bicyclic) bond motifs is 1. The summed E-state index contributed by atoms with van der Waals surface area (Å²) in [5.74, 6) is 4.39. The van der Waals surface area contributed by atoms with Crippen LogP contribution < -0.4 is 16.0 Å². The van der Waals surface area contributed by atoms with Gasteiger partial charge in [0.25, 0.3) is 0 Å². The minimum Gasteiger partial charge on any atom is -0.450 e. The van der Waals surface area contributed by atoms with Crippen molar-refractivity contribution in [3.8, 4) is 11.8 Å². The standard InChI is InChI=1S/C28H22ClFN4O6/c1-3-38-27(36)33-26-23(34(28(37)39-4-2)18-10-11-21(30)20(29)15-18)19-13-14-32-22(24(19)40-26)12-7-16-5-8-17(9-6-16)25(31)35/h5-6,8-11,13-15H,3-4H2,1-2H3,(H2,31,35)(H,33,36). The predicted octanol–water partition coefficient (Wildman–Crippen LogP) is 5.98. The molecule has 12 heteroatoms. The topological polar surface area (TPSA) is 137 Å². The molecule has 0 aliphatic heterocycles. The summed E-state index contributed by atoms with van der Waals surface area (Å²) in [5, 5.41) is 2.57. The summed E-state index contributed by atoms with van der Waals surface area (Å²) in [6.45, 7) is 3.33. The van der Waals surface area contributed by atoms with E-state index in [2.05, 4.69) is 22.1 Å². The number of nitrogens with two attached hydrogens (primary N) is 1. The summed E-state index contributed by atoms with van der Waals surface area (Å²) < 4.78 is 30.2. The molecular formula is C28H22ClFN4O6. The number of aromatic nitrogens is 1. The Morgan fingerprint density at radius 1 is 1.07 bits per heavy atom. The molecule has 0 spiro atoms. The van der Waals surface area contributed by atoms with Crippen molar-refractivity contribution >= 4 is 57.9 Å². The van der Waals surface area contributed by atoms with Gasteiger partial charge in [-0.05, 0) is 68.3 Å². The van der Waals surface area contributed by atoms with Crippen molar-refractivity contribution < 1.29 is 32.7 Å². The number of hydrogen-bond acceptors (Lipinski definition) is 7. The highest BCUT2D eigenvalue weighted by atomic mass is 35.5. The molecule has 0 radical (unpaired) electrons. The predicted molar refractivity (Wildman–Crippen MR) is 146 cm³/mol. The highest BCUT2D eigenvalue weighted by Gasteiger charge is 2.30. The highest BCUT2D eigenvalue weighted by molar-refractivity contribution is 6.31. The van der Waals surface area contributed by atoms with E-state index in [1.54, 1.807) is 32.0 Å². The molecule has 204 valence electrons. The van der Waals surface area contributed by atoms with Crippen molar-refractivity contribution in [2.24, 2.45) is 5.73 Å². The van der Waals surface area contributed by atoms with E-state index in [-0.39, 0.29) is 46.8 Å². The van der Waals surface area contributed by atoms with Gasteiger partial charge in [0.2, 0.25) is 11.8 Å². The average Bonchev–Trinajstić information content (AvgIpc) is 3.28. The molecule has 0 bridgehead atoms. The molecule has 4 rings (SSSR count). The summed E-state index contributed by atoms with van der Waals surface area (Å²) in [7, 11) is 0. The minimum atomic E-state index is -0.848. The maximum atomic E-state index is 14.0. The molecule has 0 aliphatic rings. The van der Waals surface area contributed by atoms with E-state index in [1.165, 1.54) is 30.5 Å². The van der Waals surface area contributed by atoms with E-state index < -0.39 is 23.9 Å². The van der Waals surface area contributed by atoms with Crippen LogP contribution in [0.2, 0.25) is 5.02 Å². The molecular weight excluding hydrogens is 543 g/mol. The normalized spacial score (nSPS) is 10.4. The van der Waals surface area contributed by atoms with Crippen LogP contribution in [-0.4, -0.2) is 36.3 Å². The molecule has 0 atom stereocenters. The maximum Gasteiger partial charge on any atom is 0.419 e. The van der Waals surface area contributed by atoms with Crippen molar-refractivity contribution in [1.29, 1.82) is 0 Å². The third-order valence-corrected chi connectivity index (χ3v) is 5.69. The number of ether oxygens (including phenoxy) is 2. The summed E-state index contributed by atoms with van der Waals surface area (Å²) in [4.78, 5) is 42.3. The first kappa shape index (κ1) is 27.9. The maximum absolute atomic E-state index is 14.0. The second kappa shape index (κ2) is 12.2. The monoisotopic (exact) mass is 564 g/mol. The average molecular weight is 565 g/mol. The van der Waals surface area contributed by atoms with Crippen molar-refractivity contribution in [2.75, 3.05) is 23.4 Å². The lowest BCUT2D eigenvalue weighted by molar-refractivity contribution is 0.1000. The van der Waals surface area contributed by atoms with Crippen LogP contribution in [0.3, 0.4) is 0 Å². The van der Waals surface area contributed by atoms with E-state index in [4.69, 9.17) is 31.2 Å². The molecule has 0 saturated carbocycles. The van der Waals surface area contributed by atoms with E-state index in [9.17, 15) is 18.8 Å². The minimum absolute atomic E-state index is 0.0213. The number of amides is 3. The number of anilines is 3. The summed E-state index contributed by atoms with van der Waals surface area (Å²) in [6, 6.07) is 11.5. The molecule has 0 aliphatic carbocycles. The van der Waals surface area contributed by atoms with Gasteiger partial charge in [-0.25, -0.2) is 23.9 Å². The van der Waals surface area contributed by atoms with E-state index in [1.807, 2.05) is 0 Å². The smallest absolute Gasteiger partial charge is 0.419 e. The van der Waals surface area contributed by atoms with Crippen LogP contribution in [0.1, 0.15) is 35.5 Å². The number of carbonyl (C=O) groups is 3. The fourth-order valence-electron chi connectivity index (χ4n) is 3.65. The number of nitrogens with zero attached hydrogens (tertiary/aromatic N) is 2. The Hall–Kier alpha value is -5.08. The Morgan fingerprint density at radius 3 is 2.45 bits per heavy atom. The van der Waals surface area contributed by atoms with Gasteiger partial charge in [0.1, 0.15) is 11.5 Å². The summed E-state index contributed by atoms with van der Waals surface area (Å²) in [6.07, 6.45) is -0.255. The number of nitrogens with one attached hydrogen (secondary N) is 1. The largest absolute Gasteiger partial charge is 0.450 e. The lowest BCUT2D eigenvalue weighted by atomic mass is 10.1. The number of benzene rings is 2. The first-order valence-electron chi connectivity index (χ1n) is 11.9. The van der Waals surface area contributed by atoms with E-state index in [0.29, 0.717) is 16.5 Å². The Bertz CT molecular complexity index is 1660. The molecule has 2 heterocycles. The fourth-order valence-corrected chi connectivity index (χ4v) is 3.83. The van der Waals surface area contributed by atoms with Crippen LogP contribution in [-0.2, 0) is 9.47 Å². The summed E-state index contributed by atoms with van der Waals surface area (Å²) in [5.41, 5.74) is 6.68. The number of pyridine rings is 1. The fraction of sp³-hybridized carbons (Fsp3) is 0.143. The molecule has 0 fully saturated rings. The second-order valence-corrected chi connectivity index (χ2v) is 8.39. The Labute approximate surface area is 232 Å². The van der Waals surface area contributed by atoms with E-state index in [0.717, 1.165) is 11.0 Å². The first-order chi connectivity index (χ1) is 19.2. The van der Waals surface area contributed by atoms with Gasteiger partial charge >= 0.3 is 12.2 Å². The van der Waals surface area contributed by atoms with Crippen LogP contribution in [0, 0.1) is 17.7 Å². The molecule has 3 N–H and O–H groups in total. The second-order valence-electron chi connectivity index (χ2n) is 7.99. The van der Waals surface area contributed by atoms with Gasteiger partial charge in [-0.3, -0.25) is 10.1 Å². The van der Waals surface area contributed by atoms with Crippen molar-refractivity contribution in [2.45, 2.75) is 13.8 Å². The van der Waals surface area contributed by atoms with Gasteiger partial charge in [0.15, 0.2) is 11.3 Å². The Balaban J connectivity index is 1.91. The van der Waals surface area contributed by atoms with Gasteiger partial charge in [-0.15, -0.1) is 0 Å². The quantitative estimate of drug-likeness (QED) is 0.275. The SMILES string of the molecule is CCOC(=O)Nc1oc2c(C#Cc3ccc(C(N)=O)cc3)nccc2c1N(C(=O)OCC)c1ccc(F)c(Cl)c1. The molecule has 3 amide bonds.